The van der Waals surface area contributed by atoms with E-state index in [4.69, 9.17) is 5.73 Å². The zero-order chi connectivity index (χ0) is 10.8. The lowest BCUT2D eigenvalue weighted by molar-refractivity contribution is -0.200. The van der Waals surface area contributed by atoms with E-state index in [1.807, 2.05) is 0 Å². The standard InChI is InChI=1S/C10H18F3N/c1-7-8(5-6-14)3-2-4-9(7)10(11,12)13/h7-9H,2-6,14H2,1H3/t7?,8?,9-/m0/s1. The molecule has 0 aromatic rings. The van der Waals surface area contributed by atoms with Gasteiger partial charge in [0.2, 0.25) is 0 Å². The molecule has 1 nitrogen and oxygen atoms in total. The van der Waals surface area contributed by atoms with Crippen LogP contribution in [0.1, 0.15) is 32.6 Å². The number of alkyl halides is 3. The van der Waals surface area contributed by atoms with Crippen LogP contribution in [0.25, 0.3) is 0 Å². The fraction of sp³-hybridized carbons (Fsp3) is 1.00. The van der Waals surface area contributed by atoms with Gasteiger partial charge in [-0.3, -0.25) is 0 Å². The van der Waals surface area contributed by atoms with Crippen molar-refractivity contribution in [2.45, 2.75) is 38.8 Å². The lowest BCUT2D eigenvalue weighted by Gasteiger charge is -2.37. The summed E-state index contributed by atoms with van der Waals surface area (Å²) in [4.78, 5) is 0. The predicted molar refractivity (Wildman–Crippen MR) is 49.7 cm³/mol. The topological polar surface area (TPSA) is 26.0 Å². The molecule has 0 aromatic heterocycles. The minimum atomic E-state index is -4.02. The van der Waals surface area contributed by atoms with Crippen molar-refractivity contribution in [2.75, 3.05) is 6.54 Å². The second-order valence-corrected chi connectivity index (χ2v) is 4.28. The van der Waals surface area contributed by atoms with E-state index < -0.39 is 12.1 Å². The minimum Gasteiger partial charge on any atom is -0.330 e. The lowest BCUT2D eigenvalue weighted by Crippen LogP contribution is -2.36. The van der Waals surface area contributed by atoms with Gasteiger partial charge in [-0.05, 0) is 31.2 Å². The zero-order valence-electron chi connectivity index (χ0n) is 8.48. The molecule has 0 saturated heterocycles. The summed E-state index contributed by atoms with van der Waals surface area (Å²) in [5.74, 6) is -1.19. The van der Waals surface area contributed by atoms with Gasteiger partial charge < -0.3 is 5.73 Å². The average molecular weight is 209 g/mol. The van der Waals surface area contributed by atoms with Gasteiger partial charge in [0.25, 0.3) is 0 Å². The van der Waals surface area contributed by atoms with Gasteiger partial charge in [-0.2, -0.15) is 13.2 Å². The molecule has 1 aliphatic rings. The molecule has 84 valence electrons. The van der Waals surface area contributed by atoms with Gasteiger partial charge in [-0.15, -0.1) is 0 Å². The van der Waals surface area contributed by atoms with E-state index in [9.17, 15) is 13.2 Å². The summed E-state index contributed by atoms with van der Waals surface area (Å²) < 4.78 is 37.7. The lowest BCUT2D eigenvalue weighted by atomic mass is 9.71. The molecule has 1 rings (SSSR count). The normalized spacial score (nSPS) is 34.5. The van der Waals surface area contributed by atoms with Crippen LogP contribution in [0.4, 0.5) is 13.2 Å². The van der Waals surface area contributed by atoms with Gasteiger partial charge in [0, 0.05) is 0 Å². The average Bonchev–Trinajstić information content (AvgIpc) is 2.07. The van der Waals surface area contributed by atoms with Crippen molar-refractivity contribution in [3.05, 3.63) is 0 Å². The summed E-state index contributed by atoms with van der Waals surface area (Å²) in [5, 5.41) is 0. The van der Waals surface area contributed by atoms with Crippen LogP contribution in [0.5, 0.6) is 0 Å². The third-order valence-corrected chi connectivity index (χ3v) is 3.43. The van der Waals surface area contributed by atoms with E-state index in [1.54, 1.807) is 6.92 Å². The van der Waals surface area contributed by atoms with Gasteiger partial charge in [-0.1, -0.05) is 19.8 Å². The van der Waals surface area contributed by atoms with Crippen LogP contribution in [0.3, 0.4) is 0 Å². The highest BCUT2D eigenvalue weighted by Crippen LogP contribution is 2.44. The van der Waals surface area contributed by atoms with Gasteiger partial charge in [-0.25, -0.2) is 0 Å². The van der Waals surface area contributed by atoms with Crippen LogP contribution in [0, 0.1) is 17.8 Å². The molecule has 2 N–H and O–H groups in total. The van der Waals surface area contributed by atoms with Crippen LogP contribution in [0.2, 0.25) is 0 Å². The van der Waals surface area contributed by atoms with E-state index in [0.717, 1.165) is 12.8 Å². The second-order valence-electron chi connectivity index (χ2n) is 4.28. The summed E-state index contributed by atoms with van der Waals surface area (Å²) >= 11 is 0. The van der Waals surface area contributed by atoms with E-state index in [-0.39, 0.29) is 11.8 Å². The predicted octanol–water partition coefficient (Wildman–Crippen LogP) is 2.95. The van der Waals surface area contributed by atoms with E-state index in [2.05, 4.69) is 0 Å². The van der Waals surface area contributed by atoms with Crippen molar-refractivity contribution < 1.29 is 13.2 Å². The van der Waals surface area contributed by atoms with Crippen molar-refractivity contribution in [3.63, 3.8) is 0 Å². The van der Waals surface area contributed by atoms with Gasteiger partial charge in [0.15, 0.2) is 0 Å². The number of hydrogen-bond acceptors (Lipinski definition) is 1. The third kappa shape index (κ3) is 2.62. The molecular weight excluding hydrogens is 191 g/mol. The Hall–Kier alpha value is -0.250. The van der Waals surface area contributed by atoms with Crippen molar-refractivity contribution in [2.24, 2.45) is 23.5 Å². The SMILES string of the molecule is CC1C(CCN)CCC[C@@H]1C(F)(F)F. The third-order valence-electron chi connectivity index (χ3n) is 3.43. The summed E-state index contributed by atoms with van der Waals surface area (Å²) in [6.07, 6.45) is -1.39. The van der Waals surface area contributed by atoms with Crippen LogP contribution in [-0.4, -0.2) is 12.7 Å². The number of rotatable bonds is 2. The molecular formula is C10H18F3N. The zero-order valence-corrected chi connectivity index (χ0v) is 8.48. The Kier molecular flexibility index (Phi) is 3.81. The largest absolute Gasteiger partial charge is 0.392 e. The van der Waals surface area contributed by atoms with E-state index in [0.29, 0.717) is 19.4 Å². The molecule has 14 heavy (non-hydrogen) atoms. The van der Waals surface area contributed by atoms with Crippen molar-refractivity contribution >= 4 is 0 Å². The Morgan fingerprint density at radius 1 is 1.29 bits per heavy atom. The maximum atomic E-state index is 12.6. The Morgan fingerprint density at radius 3 is 2.43 bits per heavy atom. The summed E-state index contributed by atoms with van der Waals surface area (Å²) in [6, 6.07) is 0. The van der Waals surface area contributed by atoms with Crippen LogP contribution in [0.15, 0.2) is 0 Å². The van der Waals surface area contributed by atoms with Crippen molar-refractivity contribution in [1.82, 2.24) is 0 Å². The molecule has 1 fully saturated rings. The molecule has 0 spiro atoms. The molecule has 0 bridgehead atoms. The summed E-state index contributed by atoms with van der Waals surface area (Å²) in [7, 11) is 0. The van der Waals surface area contributed by atoms with Gasteiger partial charge >= 0.3 is 6.18 Å². The van der Waals surface area contributed by atoms with E-state index in [1.165, 1.54) is 0 Å². The monoisotopic (exact) mass is 209 g/mol. The quantitative estimate of drug-likeness (QED) is 0.743. The molecule has 1 aliphatic carbocycles. The first-order valence-corrected chi connectivity index (χ1v) is 5.23. The van der Waals surface area contributed by atoms with Gasteiger partial charge in [0.1, 0.15) is 0 Å². The van der Waals surface area contributed by atoms with Crippen LogP contribution >= 0.6 is 0 Å². The van der Waals surface area contributed by atoms with E-state index >= 15 is 0 Å². The Bertz CT molecular complexity index is 177. The van der Waals surface area contributed by atoms with Gasteiger partial charge in [0.05, 0.1) is 5.92 Å². The fourth-order valence-electron chi connectivity index (χ4n) is 2.54. The molecule has 0 aromatic carbocycles. The number of hydrogen-bond donors (Lipinski definition) is 1. The minimum absolute atomic E-state index is 0.167. The molecule has 1 saturated carbocycles. The first-order valence-electron chi connectivity index (χ1n) is 5.23. The maximum absolute atomic E-state index is 12.6. The molecule has 3 atom stereocenters. The molecule has 0 amide bonds. The van der Waals surface area contributed by atoms with Crippen molar-refractivity contribution in [1.29, 1.82) is 0 Å². The number of halogens is 3. The smallest absolute Gasteiger partial charge is 0.330 e. The highest BCUT2D eigenvalue weighted by molar-refractivity contribution is 4.83. The Balaban J connectivity index is 2.61. The highest BCUT2D eigenvalue weighted by atomic mass is 19.4. The first-order chi connectivity index (χ1) is 6.46. The molecule has 0 radical (unpaired) electrons. The molecule has 0 aliphatic heterocycles. The summed E-state index contributed by atoms with van der Waals surface area (Å²) in [6.45, 7) is 2.22. The van der Waals surface area contributed by atoms with Crippen molar-refractivity contribution in [3.8, 4) is 0 Å². The first kappa shape index (κ1) is 11.8. The fourth-order valence-corrected chi connectivity index (χ4v) is 2.54. The second kappa shape index (κ2) is 4.51. The Labute approximate surface area is 82.9 Å². The molecule has 4 heteroatoms. The van der Waals surface area contributed by atoms with Crippen LogP contribution in [-0.2, 0) is 0 Å². The highest BCUT2D eigenvalue weighted by Gasteiger charge is 2.46. The molecule has 2 unspecified atom stereocenters. The molecule has 0 heterocycles. The number of nitrogens with two attached hydrogens (primary N) is 1. The maximum Gasteiger partial charge on any atom is 0.392 e. The van der Waals surface area contributed by atoms with Crippen LogP contribution < -0.4 is 5.73 Å². The Morgan fingerprint density at radius 2 is 1.93 bits per heavy atom. The summed E-state index contributed by atoms with van der Waals surface area (Å²) in [5.41, 5.74) is 5.39.